The van der Waals surface area contributed by atoms with Crippen LogP contribution >= 0.6 is 0 Å². The molecule has 2 atom stereocenters. The van der Waals surface area contributed by atoms with Crippen molar-refractivity contribution in [2.45, 2.75) is 44.6 Å². The predicted molar refractivity (Wildman–Crippen MR) is 74.0 cm³/mol. The van der Waals surface area contributed by atoms with Gasteiger partial charge in [0.15, 0.2) is 0 Å². The fraction of sp³-hybridized carbons (Fsp3) is 0.625. The number of likely N-dealkylation sites (N-methyl/N-ethyl adjacent to an activating group) is 1. The van der Waals surface area contributed by atoms with Gasteiger partial charge >= 0.3 is 0 Å². The van der Waals surface area contributed by atoms with E-state index in [0.717, 1.165) is 6.42 Å². The monoisotopic (exact) mass is 245 g/mol. The Morgan fingerprint density at radius 1 is 1.33 bits per heavy atom. The number of rotatable bonds is 0. The minimum Gasteiger partial charge on any atom is -0.508 e. The molecule has 1 aliphatic heterocycles. The average molecular weight is 245 g/mol. The van der Waals surface area contributed by atoms with Crippen LogP contribution in [-0.4, -0.2) is 29.6 Å². The van der Waals surface area contributed by atoms with Crippen molar-refractivity contribution in [1.29, 1.82) is 0 Å². The van der Waals surface area contributed by atoms with Gasteiger partial charge < -0.3 is 10.0 Å². The number of piperidine rings is 1. The van der Waals surface area contributed by atoms with Crippen LogP contribution in [0, 0.1) is 5.92 Å². The second-order valence-corrected chi connectivity index (χ2v) is 6.56. The number of fused-ring (bicyclic) bond motifs is 2. The van der Waals surface area contributed by atoms with Gasteiger partial charge in [0, 0.05) is 6.04 Å². The number of phenols is 1. The number of phenolic OH excluding ortho intramolecular Hbond substituents is 1. The molecule has 0 bridgehead atoms. The van der Waals surface area contributed by atoms with Crippen molar-refractivity contribution in [3.63, 3.8) is 0 Å². The Kier molecular flexibility index (Phi) is 2.67. The Morgan fingerprint density at radius 2 is 2.11 bits per heavy atom. The Balaban J connectivity index is 2.09. The summed E-state index contributed by atoms with van der Waals surface area (Å²) in [6.07, 6.45) is 3.76. The molecule has 1 heterocycles. The summed E-state index contributed by atoms with van der Waals surface area (Å²) < 4.78 is 0. The zero-order valence-electron chi connectivity index (χ0n) is 11.6. The van der Waals surface area contributed by atoms with Gasteiger partial charge in [0.1, 0.15) is 5.75 Å². The van der Waals surface area contributed by atoms with Crippen LogP contribution < -0.4 is 0 Å². The smallest absolute Gasteiger partial charge is 0.115 e. The van der Waals surface area contributed by atoms with Crippen LogP contribution in [0.5, 0.6) is 5.75 Å². The van der Waals surface area contributed by atoms with E-state index in [0.29, 0.717) is 17.7 Å². The van der Waals surface area contributed by atoms with E-state index >= 15 is 0 Å². The van der Waals surface area contributed by atoms with Crippen LogP contribution in [0.25, 0.3) is 0 Å². The SMILES string of the molecule is CN1CCCC2C1Cc1ccc(O)cc1C2(C)C. The molecule has 18 heavy (non-hydrogen) atoms. The summed E-state index contributed by atoms with van der Waals surface area (Å²) >= 11 is 0. The van der Waals surface area contributed by atoms with E-state index in [1.165, 1.54) is 30.5 Å². The maximum absolute atomic E-state index is 9.76. The van der Waals surface area contributed by atoms with Crippen LogP contribution in [0.15, 0.2) is 18.2 Å². The zero-order valence-corrected chi connectivity index (χ0v) is 11.6. The second kappa shape index (κ2) is 3.99. The van der Waals surface area contributed by atoms with Crippen molar-refractivity contribution in [3.8, 4) is 5.75 Å². The van der Waals surface area contributed by atoms with Crippen LogP contribution in [0.1, 0.15) is 37.8 Å². The third-order valence-corrected chi connectivity index (χ3v) is 5.20. The third kappa shape index (κ3) is 1.66. The average Bonchev–Trinajstić information content (AvgIpc) is 2.32. The molecule has 1 aromatic carbocycles. The fourth-order valence-electron chi connectivity index (χ4n) is 4.13. The number of benzene rings is 1. The van der Waals surface area contributed by atoms with Crippen molar-refractivity contribution < 1.29 is 5.11 Å². The number of aromatic hydroxyl groups is 1. The zero-order chi connectivity index (χ0) is 12.9. The van der Waals surface area contributed by atoms with Gasteiger partial charge in [-0.2, -0.15) is 0 Å². The van der Waals surface area contributed by atoms with E-state index in [2.05, 4.69) is 31.9 Å². The van der Waals surface area contributed by atoms with Crippen LogP contribution in [0.4, 0.5) is 0 Å². The minimum atomic E-state index is 0.172. The summed E-state index contributed by atoms with van der Waals surface area (Å²) in [6.45, 7) is 5.92. The van der Waals surface area contributed by atoms with Crippen molar-refractivity contribution in [2.75, 3.05) is 13.6 Å². The molecular formula is C16H23NO. The van der Waals surface area contributed by atoms with Crippen molar-refractivity contribution in [1.82, 2.24) is 4.90 Å². The molecule has 3 rings (SSSR count). The molecule has 2 heteroatoms. The van der Waals surface area contributed by atoms with Crippen molar-refractivity contribution in [3.05, 3.63) is 29.3 Å². The first-order valence-corrected chi connectivity index (χ1v) is 7.03. The standard InChI is InChI=1S/C16H23NO/c1-16(2)13-5-4-8-17(3)15(13)9-11-6-7-12(18)10-14(11)16/h6-7,10,13,15,18H,4-5,8-9H2,1-3H3. The quantitative estimate of drug-likeness (QED) is 0.759. The molecule has 2 aliphatic rings. The van der Waals surface area contributed by atoms with Crippen LogP contribution in [-0.2, 0) is 11.8 Å². The summed E-state index contributed by atoms with van der Waals surface area (Å²) in [5.41, 5.74) is 2.96. The van der Waals surface area contributed by atoms with Crippen LogP contribution in [0.3, 0.4) is 0 Å². The Labute approximate surface area is 110 Å². The number of hydrogen-bond acceptors (Lipinski definition) is 2. The first-order valence-electron chi connectivity index (χ1n) is 7.03. The molecule has 98 valence electrons. The third-order valence-electron chi connectivity index (χ3n) is 5.20. The van der Waals surface area contributed by atoms with Gasteiger partial charge in [-0.1, -0.05) is 19.9 Å². The lowest BCUT2D eigenvalue weighted by molar-refractivity contribution is 0.0637. The highest BCUT2D eigenvalue weighted by Gasteiger charge is 2.45. The molecule has 0 saturated carbocycles. The Hall–Kier alpha value is -1.02. The first-order chi connectivity index (χ1) is 8.50. The number of hydrogen-bond donors (Lipinski definition) is 1. The molecule has 1 aliphatic carbocycles. The lowest BCUT2D eigenvalue weighted by atomic mass is 9.60. The molecule has 1 fully saturated rings. The summed E-state index contributed by atoms with van der Waals surface area (Å²) in [5.74, 6) is 1.12. The maximum Gasteiger partial charge on any atom is 0.115 e. The van der Waals surface area contributed by atoms with Crippen molar-refractivity contribution in [2.24, 2.45) is 5.92 Å². The molecule has 1 aromatic rings. The van der Waals surface area contributed by atoms with Gasteiger partial charge in [-0.25, -0.2) is 0 Å². The van der Waals surface area contributed by atoms with E-state index in [1.54, 1.807) is 0 Å². The predicted octanol–water partition coefficient (Wildman–Crippen LogP) is 2.94. The van der Waals surface area contributed by atoms with Gasteiger partial charge in [0.2, 0.25) is 0 Å². The summed E-state index contributed by atoms with van der Waals surface area (Å²) in [6, 6.07) is 6.61. The van der Waals surface area contributed by atoms with Gasteiger partial charge in [-0.05, 0) is 67.4 Å². The van der Waals surface area contributed by atoms with Gasteiger partial charge in [-0.3, -0.25) is 0 Å². The molecule has 0 aromatic heterocycles. The normalized spacial score (nSPS) is 30.6. The molecule has 0 radical (unpaired) electrons. The Bertz CT molecular complexity index is 466. The lowest BCUT2D eigenvalue weighted by Crippen LogP contribution is -2.53. The number of likely N-dealkylation sites (tertiary alicyclic amines) is 1. The van der Waals surface area contributed by atoms with E-state index < -0.39 is 0 Å². The molecular weight excluding hydrogens is 222 g/mol. The van der Waals surface area contributed by atoms with E-state index in [9.17, 15) is 5.11 Å². The minimum absolute atomic E-state index is 0.172. The molecule has 1 N–H and O–H groups in total. The highest BCUT2D eigenvalue weighted by Crippen LogP contribution is 2.47. The molecule has 2 unspecified atom stereocenters. The second-order valence-electron chi connectivity index (χ2n) is 6.56. The molecule has 0 spiro atoms. The van der Waals surface area contributed by atoms with Crippen molar-refractivity contribution >= 4 is 0 Å². The topological polar surface area (TPSA) is 23.5 Å². The summed E-state index contributed by atoms with van der Waals surface area (Å²) in [5, 5.41) is 9.76. The molecule has 2 nitrogen and oxygen atoms in total. The highest BCUT2D eigenvalue weighted by molar-refractivity contribution is 5.43. The van der Waals surface area contributed by atoms with E-state index in [1.807, 2.05) is 12.1 Å². The largest absolute Gasteiger partial charge is 0.508 e. The highest BCUT2D eigenvalue weighted by atomic mass is 16.3. The van der Waals surface area contributed by atoms with E-state index in [4.69, 9.17) is 0 Å². The Morgan fingerprint density at radius 3 is 2.89 bits per heavy atom. The van der Waals surface area contributed by atoms with Gasteiger partial charge in [0.05, 0.1) is 0 Å². The first kappa shape index (κ1) is 12.0. The fourth-order valence-corrected chi connectivity index (χ4v) is 4.13. The summed E-state index contributed by atoms with van der Waals surface area (Å²) in [7, 11) is 2.26. The van der Waals surface area contributed by atoms with Gasteiger partial charge in [-0.15, -0.1) is 0 Å². The maximum atomic E-state index is 9.76. The van der Waals surface area contributed by atoms with E-state index in [-0.39, 0.29) is 5.41 Å². The van der Waals surface area contributed by atoms with Gasteiger partial charge in [0.25, 0.3) is 0 Å². The lowest BCUT2D eigenvalue weighted by Gasteiger charge is -2.51. The summed E-state index contributed by atoms with van der Waals surface area (Å²) in [4.78, 5) is 2.53. The molecule has 0 amide bonds. The van der Waals surface area contributed by atoms with Crippen LogP contribution in [0.2, 0.25) is 0 Å². The molecule has 1 saturated heterocycles. The number of nitrogens with zero attached hydrogens (tertiary/aromatic N) is 1.